The molecule has 18 heavy (non-hydrogen) atoms. The monoisotopic (exact) mass is 384 g/mol. The molecule has 92 valence electrons. The molecule has 0 aliphatic carbocycles. The first-order chi connectivity index (χ1) is 8.56. The van der Waals surface area contributed by atoms with Gasteiger partial charge in [-0.1, -0.05) is 33.8 Å². The van der Waals surface area contributed by atoms with Crippen molar-refractivity contribution in [2.75, 3.05) is 0 Å². The topological polar surface area (TPSA) is 17.1 Å². The highest BCUT2D eigenvalue weighted by molar-refractivity contribution is 9.10. The van der Waals surface area contributed by atoms with Crippen molar-refractivity contribution < 1.29 is 4.79 Å². The third-order valence-corrected chi connectivity index (χ3v) is 4.91. The van der Waals surface area contributed by atoms with Crippen LogP contribution < -0.4 is 0 Å². The second-order valence-corrected chi connectivity index (χ2v) is 6.64. The fourth-order valence-electron chi connectivity index (χ4n) is 1.43. The van der Waals surface area contributed by atoms with Crippen molar-refractivity contribution in [1.29, 1.82) is 0 Å². The summed E-state index contributed by atoms with van der Waals surface area (Å²) in [4.78, 5) is 13.5. The normalized spacial score (nSPS) is 10.4. The van der Waals surface area contributed by atoms with Crippen molar-refractivity contribution in [3.8, 4) is 0 Å². The number of carbonyl (C=O) groups is 1. The summed E-state index contributed by atoms with van der Waals surface area (Å²) in [5, 5.41) is 0. The van der Waals surface area contributed by atoms with E-state index in [0.29, 0.717) is 0 Å². The van der Waals surface area contributed by atoms with Crippen LogP contribution in [0.2, 0.25) is 0 Å². The first kappa shape index (κ1) is 13.8. The van der Waals surface area contributed by atoms with E-state index in [2.05, 4.69) is 44.0 Å². The van der Waals surface area contributed by atoms with Crippen LogP contribution in [0.1, 0.15) is 17.3 Å². The molecule has 0 saturated carbocycles. The quantitative estimate of drug-likeness (QED) is 0.642. The lowest BCUT2D eigenvalue weighted by Gasteiger charge is -2.06. The summed E-state index contributed by atoms with van der Waals surface area (Å²) >= 11 is 8.58. The SMILES string of the molecule is CC(=O)c1ccc(Sc2ccc(Br)cc2)c(Br)c1. The van der Waals surface area contributed by atoms with E-state index < -0.39 is 0 Å². The van der Waals surface area contributed by atoms with Crippen molar-refractivity contribution in [3.63, 3.8) is 0 Å². The van der Waals surface area contributed by atoms with Crippen LogP contribution in [0.4, 0.5) is 0 Å². The molecule has 0 unspecified atom stereocenters. The highest BCUT2D eigenvalue weighted by Crippen LogP contribution is 2.34. The van der Waals surface area contributed by atoms with Crippen molar-refractivity contribution >= 4 is 49.4 Å². The molecule has 0 atom stereocenters. The Morgan fingerprint density at radius 2 is 1.72 bits per heavy atom. The largest absolute Gasteiger partial charge is 0.295 e. The molecule has 1 nitrogen and oxygen atoms in total. The zero-order valence-electron chi connectivity index (χ0n) is 9.61. The van der Waals surface area contributed by atoms with Crippen LogP contribution in [0.3, 0.4) is 0 Å². The van der Waals surface area contributed by atoms with Crippen LogP contribution in [-0.2, 0) is 0 Å². The summed E-state index contributed by atoms with van der Waals surface area (Å²) in [6.45, 7) is 1.57. The molecule has 0 saturated heterocycles. The summed E-state index contributed by atoms with van der Waals surface area (Å²) in [6, 6.07) is 13.8. The Morgan fingerprint density at radius 3 is 2.28 bits per heavy atom. The zero-order chi connectivity index (χ0) is 13.1. The van der Waals surface area contributed by atoms with Crippen molar-refractivity contribution in [3.05, 3.63) is 57.0 Å². The van der Waals surface area contributed by atoms with Gasteiger partial charge in [0.1, 0.15) is 0 Å². The van der Waals surface area contributed by atoms with Crippen LogP contribution in [0, 0.1) is 0 Å². The summed E-state index contributed by atoms with van der Waals surface area (Å²) in [5.74, 6) is 0.0795. The first-order valence-electron chi connectivity index (χ1n) is 5.30. The van der Waals surface area contributed by atoms with Crippen molar-refractivity contribution in [1.82, 2.24) is 0 Å². The van der Waals surface area contributed by atoms with Gasteiger partial charge in [0, 0.05) is 24.3 Å². The van der Waals surface area contributed by atoms with E-state index in [1.165, 1.54) is 0 Å². The Kier molecular flexibility index (Phi) is 4.65. The molecule has 0 spiro atoms. The number of ketones is 1. The summed E-state index contributed by atoms with van der Waals surface area (Å²) < 4.78 is 2.01. The molecule has 0 bridgehead atoms. The number of halogens is 2. The van der Waals surface area contributed by atoms with E-state index in [9.17, 15) is 4.79 Å². The lowest BCUT2D eigenvalue weighted by molar-refractivity contribution is 0.101. The predicted molar refractivity (Wildman–Crippen MR) is 82.4 cm³/mol. The maximum absolute atomic E-state index is 11.3. The van der Waals surface area contributed by atoms with Gasteiger partial charge in [-0.3, -0.25) is 4.79 Å². The Bertz CT molecular complexity index is 579. The van der Waals surface area contributed by atoms with Gasteiger partial charge in [0.05, 0.1) is 0 Å². The molecule has 0 heterocycles. The third-order valence-electron chi connectivity index (χ3n) is 2.38. The van der Waals surface area contributed by atoms with Crippen molar-refractivity contribution in [2.24, 2.45) is 0 Å². The first-order valence-corrected chi connectivity index (χ1v) is 7.70. The molecule has 0 fully saturated rings. The Labute approximate surface area is 127 Å². The van der Waals surface area contributed by atoms with Crippen LogP contribution in [0.25, 0.3) is 0 Å². The minimum Gasteiger partial charge on any atom is -0.295 e. The minimum absolute atomic E-state index is 0.0795. The molecule has 0 aromatic heterocycles. The van der Waals surface area contributed by atoms with Gasteiger partial charge in [-0.25, -0.2) is 0 Å². The van der Waals surface area contributed by atoms with Gasteiger partial charge in [-0.2, -0.15) is 0 Å². The number of hydrogen-bond acceptors (Lipinski definition) is 2. The maximum atomic E-state index is 11.3. The summed E-state index contributed by atoms with van der Waals surface area (Å²) in [5.41, 5.74) is 0.724. The molecular weight excluding hydrogens is 376 g/mol. The lowest BCUT2D eigenvalue weighted by atomic mass is 10.2. The van der Waals surface area contributed by atoms with Crippen molar-refractivity contribution in [2.45, 2.75) is 16.7 Å². The van der Waals surface area contributed by atoms with E-state index in [1.807, 2.05) is 30.3 Å². The van der Waals surface area contributed by atoms with Gasteiger partial charge in [-0.15, -0.1) is 0 Å². The van der Waals surface area contributed by atoms with E-state index in [1.54, 1.807) is 18.7 Å². The number of benzene rings is 2. The molecule has 2 rings (SSSR count). The van der Waals surface area contributed by atoms with Crippen LogP contribution >= 0.6 is 43.6 Å². The number of hydrogen-bond donors (Lipinski definition) is 0. The molecule has 0 amide bonds. The van der Waals surface area contributed by atoms with Gasteiger partial charge in [0.2, 0.25) is 0 Å². The van der Waals surface area contributed by atoms with Gasteiger partial charge < -0.3 is 0 Å². The van der Waals surface area contributed by atoms with Crippen LogP contribution in [0.15, 0.2) is 61.2 Å². The molecule has 0 N–H and O–H groups in total. The number of carbonyl (C=O) groups excluding carboxylic acids is 1. The van der Waals surface area contributed by atoms with Gasteiger partial charge >= 0.3 is 0 Å². The smallest absolute Gasteiger partial charge is 0.159 e. The molecule has 0 aliphatic heterocycles. The Balaban J connectivity index is 2.24. The zero-order valence-corrected chi connectivity index (χ0v) is 13.6. The molecular formula is C14H10Br2OS. The highest BCUT2D eigenvalue weighted by atomic mass is 79.9. The Morgan fingerprint density at radius 1 is 1.06 bits per heavy atom. The molecule has 0 radical (unpaired) electrons. The predicted octanol–water partition coefficient (Wildman–Crippen LogP) is 5.57. The molecule has 0 aliphatic rings. The fourth-order valence-corrected chi connectivity index (χ4v) is 3.14. The fraction of sp³-hybridized carbons (Fsp3) is 0.0714. The minimum atomic E-state index is 0.0795. The van der Waals surface area contributed by atoms with Gasteiger partial charge in [0.25, 0.3) is 0 Å². The summed E-state index contributed by atoms with van der Waals surface area (Å²) in [7, 11) is 0. The second kappa shape index (κ2) is 6.04. The average molecular weight is 386 g/mol. The molecule has 2 aromatic rings. The van der Waals surface area contributed by atoms with Crippen LogP contribution in [0.5, 0.6) is 0 Å². The number of rotatable bonds is 3. The van der Waals surface area contributed by atoms with Gasteiger partial charge in [-0.05, 0) is 59.3 Å². The maximum Gasteiger partial charge on any atom is 0.159 e. The van der Waals surface area contributed by atoms with E-state index >= 15 is 0 Å². The lowest BCUT2D eigenvalue weighted by Crippen LogP contribution is -1.91. The summed E-state index contributed by atoms with van der Waals surface area (Å²) in [6.07, 6.45) is 0. The van der Waals surface area contributed by atoms with Gasteiger partial charge in [0.15, 0.2) is 5.78 Å². The third kappa shape index (κ3) is 3.46. The molecule has 2 aromatic carbocycles. The molecule has 4 heteroatoms. The average Bonchev–Trinajstić information content (AvgIpc) is 2.34. The Hall–Kier alpha value is -0.580. The van der Waals surface area contributed by atoms with E-state index in [-0.39, 0.29) is 5.78 Å². The van der Waals surface area contributed by atoms with Crippen LogP contribution in [-0.4, -0.2) is 5.78 Å². The number of Topliss-reactive ketones (excluding diaryl/α,β-unsaturated/α-hetero) is 1. The van der Waals surface area contributed by atoms with E-state index in [4.69, 9.17) is 0 Å². The second-order valence-electron chi connectivity index (χ2n) is 3.76. The van der Waals surface area contributed by atoms with E-state index in [0.717, 1.165) is 24.3 Å². The standard InChI is InChI=1S/C14H10Br2OS/c1-9(17)10-2-7-14(13(16)8-10)18-12-5-3-11(15)4-6-12/h2-8H,1H3. The highest BCUT2D eigenvalue weighted by Gasteiger charge is 2.06.